The predicted octanol–water partition coefficient (Wildman–Crippen LogP) is 13.0. The van der Waals surface area contributed by atoms with Gasteiger partial charge in [-0.15, -0.1) is 0 Å². The molecule has 1 N–H and O–H groups in total. The van der Waals surface area contributed by atoms with E-state index in [4.69, 9.17) is 19.0 Å². The second-order valence-electron chi connectivity index (χ2n) is 20.3. The van der Waals surface area contributed by atoms with Gasteiger partial charge in [-0.05, 0) is 175 Å². The summed E-state index contributed by atoms with van der Waals surface area (Å²) in [5, 5.41) is 9.01. The van der Waals surface area contributed by atoms with Gasteiger partial charge in [-0.2, -0.15) is 0 Å². The molecular formula is C53H76O7. The maximum Gasteiger partial charge on any atom is 0.339 e. The standard InChI is InChI=1S/C20H32O2.C12H16O4.C11H14.C10H14O/c1-5-19(3,4)18(21)22-20(6-2)11-14-10-15(20)17-13-8-7-12(9-13)16(14)17;1-5-12(3,4)11(14)16-9-6-8(2)15-10(13)7-9;1-8-7-10-5-3-4-6-11(10)9(8)2;1-3-8(2)9-4-6-10(11)7-5-9/h12-17H,5-11H2,1-4H3;6-7H,5H2,1-4H3;3-6,8-9H,7H2,1-2H3;4-8,11H,3H2,1-2H3. The van der Waals surface area contributed by atoms with Crippen molar-refractivity contribution in [3.63, 3.8) is 0 Å². The van der Waals surface area contributed by atoms with E-state index in [0.717, 1.165) is 73.2 Å². The maximum atomic E-state index is 12.7. The van der Waals surface area contributed by atoms with Crippen LogP contribution in [0.3, 0.4) is 0 Å². The first-order chi connectivity index (χ1) is 28.3. The smallest absolute Gasteiger partial charge is 0.339 e. The Bertz CT molecular complexity index is 1960. The Balaban J connectivity index is 0.000000159. The van der Waals surface area contributed by atoms with Crippen LogP contribution in [0.2, 0.25) is 0 Å². The number of rotatable bonds is 9. The molecule has 0 spiro atoms. The second-order valence-corrected chi connectivity index (χ2v) is 20.3. The number of phenols is 1. The number of fused-ring (bicyclic) bond motifs is 10. The molecular weight excluding hydrogens is 749 g/mol. The molecule has 4 bridgehead atoms. The average Bonchev–Trinajstić information content (AvgIpc) is 4.06. The molecule has 2 aromatic carbocycles. The Morgan fingerprint density at radius 3 is 2.05 bits per heavy atom. The first-order valence-corrected chi connectivity index (χ1v) is 23.2. The minimum Gasteiger partial charge on any atom is -0.508 e. The van der Waals surface area contributed by atoms with E-state index in [2.05, 4.69) is 65.8 Å². The molecule has 0 saturated heterocycles. The number of esters is 2. The molecule has 1 aromatic heterocycles. The van der Waals surface area contributed by atoms with Crippen molar-refractivity contribution in [2.24, 2.45) is 52.3 Å². The minimum absolute atomic E-state index is 0.0455. The lowest BCUT2D eigenvalue weighted by Gasteiger charge is -2.46. The van der Waals surface area contributed by atoms with Crippen LogP contribution in [0.5, 0.6) is 11.5 Å². The van der Waals surface area contributed by atoms with Gasteiger partial charge in [-0.25, -0.2) is 4.79 Å². The van der Waals surface area contributed by atoms with Crippen LogP contribution in [0.4, 0.5) is 0 Å². The number of phenolic OH excluding ortho intramolecular Hbond substituents is 1. The number of hydrogen-bond donors (Lipinski definition) is 1. The highest BCUT2D eigenvalue weighted by atomic mass is 16.6. The highest BCUT2D eigenvalue weighted by Crippen LogP contribution is 2.71. The van der Waals surface area contributed by atoms with Crippen LogP contribution in [0, 0.1) is 59.2 Å². The molecule has 0 aliphatic heterocycles. The van der Waals surface area contributed by atoms with Crippen LogP contribution in [-0.2, 0) is 20.7 Å². The zero-order chi connectivity index (χ0) is 44.2. The summed E-state index contributed by atoms with van der Waals surface area (Å²) in [6.45, 7) is 24.6. The summed E-state index contributed by atoms with van der Waals surface area (Å²) < 4.78 is 16.2. The molecule has 5 aliphatic rings. The summed E-state index contributed by atoms with van der Waals surface area (Å²) in [5.74, 6) is 8.26. The fourth-order valence-electron chi connectivity index (χ4n) is 10.8. The largest absolute Gasteiger partial charge is 0.508 e. The molecule has 4 saturated carbocycles. The van der Waals surface area contributed by atoms with E-state index in [9.17, 15) is 14.4 Å². The highest BCUT2D eigenvalue weighted by molar-refractivity contribution is 5.78. The van der Waals surface area contributed by atoms with Crippen molar-refractivity contribution in [1.29, 1.82) is 0 Å². The molecule has 10 unspecified atom stereocenters. The van der Waals surface area contributed by atoms with Crippen molar-refractivity contribution in [3.8, 4) is 11.5 Å². The Morgan fingerprint density at radius 1 is 0.850 bits per heavy atom. The van der Waals surface area contributed by atoms with Gasteiger partial charge in [0, 0.05) is 12.0 Å². The SMILES string of the molecule is CC1Cc2ccccc2C1C.CCC(C)(C)C(=O)OC1(CC)CC2CC1C1C3CCC(C3)C21.CCC(C)(C)C(=O)Oc1cc(C)oc(=O)c1.CCC(C)c1ccc(O)cc1. The van der Waals surface area contributed by atoms with E-state index in [0.29, 0.717) is 29.8 Å². The highest BCUT2D eigenvalue weighted by Gasteiger charge is 2.68. The number of carbonyl (C=O) groups is 2. The van der Waals surface area contributed by atoms with E-state index in [1.54, 1.807) is 44.0 Å². The van der Waals surface area contributed by atoms with Crippen molar-refractivity contribution in [1.82, 2.24) is 0 Å². The molecule has 7 nitrogen and oxygen atoms in total. The van der Waals surface area contributed by atoms with Gasteiger partial charge in [0.2, 0.25) is 0 Å². The molecule has 1 heterocycles. The van der Waals surface area contributed by atoms with Crippen molar-refractivity contribution < 1.29 is 28.6 Å². The van der Waals surface area contributed by atoms with Gasteiger partial charge < -0.3 is 19.0 Å². The van der Waals surface area contributed by atoms with Gasteiger partial charge in [0.15, 0.2) is 0 Å². The van der Waals surface area contributed by atoms with E-state index in [1.807, 2.05) is 32.9 Å². The number of benzene rings is 2. The number of ether oxygens (including phenoxy) is 2. The monoisotopic (exact) mass is 825 g/mol. The summed E-state index contributed by atoms with van der Waals surface area (Å²) in [5.41, 5.74) is 2.90. The first kappa shape index (κ1) is 47.2. The quantitative estimate of drug-likeness (QED) is 0.169. The molecule has 8 rings (SSSR count). The molecule has 5 aliphatic carbocycles. The van der Waals surface area contributed by atoms with Crippen molar-refractivity contribution in [2.45, 2.75) is 165 Å². The van der Waals surface area contributed by atoms with Gasteiger partial charge in [-0.1, -0.05) is 84.9 Å². The van der Waals surface area contributed by atoms with Crippen LogP contribution in [0.25, 0.3) is 0 Å². The summed E-state index contributed by atoms with van der Waals surface area (Å²) in [4.78, 5) is 35.5. The topological polar surface area (TPSA) is 103 Å². The molecule has 60 heavy (non-hydrogen) atoms. The van der Waals surface area contributed by atoms with E-state index in [-0.39, 0.29) is 28.7 Å². The average molecular weight is 825 g/mol. The first-order valence-electron chi connectivity index (χ1n) is 23.2. The van der Waals surface area contributed by atoms with Gasteiger partial charge in [-0.3, -0.25) is 9.59 Å². The normalized spacial score (nSPS) is 28.5. The molecule has 330 valence electrons. The molecule has 4 fully saturated rings. The summed E-state index contributed by atoms with van der Waals surface area (Å²) in [6, 6.07) is 18.9. The van der Waals surface area contributed by atoms with Crippen molar-refractivity contribution in [3.05, 3.63) is 93.5 Å². The summed E-state index contributed by atoms with van der Waals surface area (Å²) >= 11 is 0. The van der Waals surface area contributed by atoms with E-state index in [1.165, 1.54) is 43.7 Å². The number of aryl methyl sites for hydroxylation is 1. The van der Waals surface area contributed by atoms with E-state index < -0.39 is 11.0 Å². The second kappa shape index (κ2) is 19.5. The van der Waals surface area contributed by atoms with Gasteiger partial charge in [0.1, 0.15) is 22.9 Å². The van der Waals surface area contributed by atoms with Crippen LogP contribution >= 0.6 is 0 Å². The lowest BCUT2D eigenvalue weighted by atomic mass is 9.65. The molecule has 10 atom stereocenters. The Morgan fingerprint density at radius 2 is 1.47 bits per heavy atom. The van der Waals surface area contributed by atoms with Crippen LogP contribution in [0.15, 0.2) is 69.9 Å². The lowest BCUT2D eigenvalue weighted by molar-refractivity contribution is -0.183. The Labute approximate surface area is 361 Å². The van der Waals surface area contributed by atoms with Gasteiger partial charge in [0.05, 0.1) is 16.9 Å². The molecule has 3 aromatic rings. The Hall–Kier alpha value is -3.87. The minimum atomic E-state index is -0.552. The molecule has 0 amide bonds. The third kappa shape index (κ3) is 10.4. The number of carbonyl (C=O) groups excluding carboxylic acids is 2. The van der Waals surface area contributed by atoms with Crippen LogP contribution < -0.4 is 10.4 Å². The fraction of sp³-hybridized carbons (Fsp3) is 0.642. The number of aromatic hydroxyl groups is 1. The third-order valence-corrected chi connectivity index (χ3v) is 15.8. The lowest BCUT2D eigenvalue weighted by Crippen LogP contribution is -2.49. The third-order valence-electron chi connectivity index (χ3n) is 15.8. The van der Waals surface area contributed by atoms with Gasteiger partial charge >= 0.3 is 17.6 Å². The van der Waals surface area contributed by atoms with Crippen molar-refractivity contribution in [2.75, 3.05) is 0 Å². The van der Waals surface area contributed by atoms with Crippen LogP contribution in [-0.4, -0.2) is 22.6 Å². The number of hydrogen-bond acceptors (Lipinski definition) is 7. The van der Waals surface area contributed by atoms with E-state index >= 15 is 0 Å². The predicted molar refractivity (Wildman–Crippen MR) is 241 cm³/mol. The Kier molecular flexibility index (Phi) is 15.3. The summed E-state index contributed by atoms with van der Waals surface area (Å²) in [7, 11) is 0. The molecule has 7 heteroatoms. The molecule has 0 radical (unpaired) electrons. The maximum absolute atomic E-state index is 12.7. The zero-order valence-corrected chi connectivity index (χ0v) is 38.9. The van der Waals surface area contributed by atoms with Gasteiger partial charge in [0.25, 0.3) is 0 Å². The van der Waals surface area contributed by atoms with Crippen molar-refractivity contribution >= 4 is 11.9 Å². The zero-order valence-electron chi connectivity index (χ0n) is 38.9. The fourth-order valence-corrected chi connectivity index (χ4v) is 10.8. The summed E-state index contributed by atoms with van der Waals surface area (Å²) in [6.07, 6.45) is 11.9. The van der Waals surface area contributed by atoms with Crippen LogP contribution in [0.1, 0.15) is 168 Å².